The van der Waals surface area contributed by atoms with Crippen LogP contribution in [-0.2, 0) is 10.3 Å². The van der Waals surface area contributed by atoms with Crippen molar-refractivity contribution < 1.29 is 4.79 Å². The van der Waals surface area contributed by atoms with Crippen LogP contribution in [0, 0.1) is 0 Å². The molecule has 4 heteroatoms. The van der Waals surface area contributed by atoms with E-state index in [2.05, 4.69) is 50.8 Å². The summed E-state index contributed by atoms with van der Waals surface area (Å²) in [4.78, 5) is 11.3. The van der Waals surface area contributed by atoms with E-state index in [1.165, 1.54) is 37.7 Å². The van der Waals surface area contributed by atoms with Crippen LogP contribution in [0.3, 0.4) is 0 Å². The van der Waals surface area contributed by atoms with Gasteiger partial charge in [0.15, 0.2) is 0 Å². The van der Waals surface area contributed by atoms with Crippen molar-refractivity contribution in [3.05, 3.63) is 34.3 Å². The number of nitrogens with one attached hydrogen (secondary N) is 2. The summed E-state index contributed by atoms with van der Waals surface area (Å²) in [5, 5.41) is 6.87. The molecule has 2 fully saturated rings. The van der Waals surface area contributed by atoms with Gasteiger partial charge in [-0.05, 0) is 37.0 Å². The summed E-state index contributed by atoms with van der Waals surface area (Å²) in [7, 11) is 0. The highest BCUT2D eigenvalue weighted by molar-refractivity contribution is 9.10. The van der Waals surface area contributed by atoms with E-state index < -0.39 is 0 Å². The van der Waals surface area contributed by atoms with Gasteiger partial charge in [0.2, 0.25) is 5.91 Å². The number of hydrogen-bond acceptors (Lipinski definition) is 2. The van der Waals surface area contributed by atoms with Crippen LogP contribution in [0.5, 0.6) is 0 Å². The van der Waals surface area contributed by atoms with E-state index in [0.29, 0.717) is 12.5 Å². The van der Waals surface area contributed by atoms with Gasteiger partial charge in [-0.25, -0.2) is 0 Å². The van der Waals surface area contributed by atoms with Gasteiger partial charge in [0.25, 0.3) is 0 Å². The first-order valence-electron chi connectivity index (χ1n) is 7.98. The van der Waals surface area contributed by atoms with Gasteiger partial charge in [0.05, 0.1) is 0 Å². The van der Waals surface area contributed by atoms with Crippen molar-refractivity contribution in [1.82, 2.24) is 10.6 Å². The Bertz CT molecular complexity index is 494. The minimum absolute atomic E-state index is 0.0896. The number of amides is 1. The lowest BCUT2D eigenvalue weighted by Crippen LogP contribution is -2.49. The number of halogens is 1. The smallest absolute Gasteiger partial charge is 0.220 e. The Morgan fingerprint density at radius 2 is 1.90 bits per heavy atom. The summed E-state index contributed by atoms with van der Waals surface area (Å²) in [6.45, 7) is 0.877. The van der Waals surface area contributed by atoms with E-state index in [4.69, 9.17) is 0 Å². The van der Waals surface area contributed by atoms with Gasteiger partial charge < -0.3 is 10.6 Å². The van der Waals surface area contributed by atoms with E-state index in [0.717, 1.165) is 17.4 Å². The van der Waals surface area contributed by atoms with E-state index in [1.807, 2.05) is 0 Å². The molecular weight excluding hydrogens is 328 g/mol. The van der Waals surface area contributed by atoms with Crippen molar-refractivity contribution in [1.29, 1.82) is 0 Å². The van der Waals surface area contributed by atoms with Crippen LogP contribution in [0.15, 0.2) is 28.7 Å². The molecule has 1 aliphatic heterocycles. The van der Waals surface area contributed by atoms with E-state index in [1.54, 1.807) is 0 Å². The summed E-state index contributed by atoms with van der Waals surface area (Å²) in [6, 6.07) is 9.02. The molecule has 1 atom stereocenters. The second-order valence-electron chi connectivity index (χ2n) is 6.33. The monoisotopic (exact) mass is 350 g/mol. The van der Waals surface area contributed by atoms with Gasteiger partial charge in [-0.1, -0.05) is 47.3 Å². The maximum atomic E-state index is 11.3. The molecule has 114 valence electrons. The van der Waals surface area contributed by atoms with Crippen LogP contribution in [0.4, 0.5) is 0 Å². The van der Waals surface area contributed by atoms with E-state index in [9.17, 15) is 4.79 Å². The standard InChI is InChI=1S/C17H23BrN2O/c18-14-6-4-13(5-7-14)17(10-2-1-3-11-17)19-12-15-8-9-16(21)20-15/h4-7,15,19H,1-3,8-12H2,(H,20,21). The molecule has 1 amide bonds. The lowest BCUT2D eigenvalue weighted by atomic mass is 9.76. The molecule has 2 aliphatic rings. The second-order valence-corrected chi connectivity index (χ2v) is 7.25. The van der Waals surface area contributed by atoms with Crippen LogP contribution in [0.25, 0.3) is 0 Å². The van der Waals surface area contributed by atoms with Crippen molar-refractivity contribution >= 4 is 21.8 Å². The van der Waals surface area contributed by atoms with Crippen molar-refractivity contribution in [3.8, 4) is 0 Å². The molecule has 1 aromatic carbocycles. The van der Waals surface area contributed by atoms with Crippen LogP contribution in [0.1, 0.15) is 50.5 Å². The van der Waals surface area contributed by atoms with Gasteiger partial charge in [0.1, 0.15) is 0 Å². The Morgan fingerprint density at radius 1 is 1.19 bits per heavy atom. The van der Waals surface area contributed by atoms with Crippen LogP contribution in [-0.4, -0.2) is 18.5 Å². The number of carbonyl (C=O) groups is 1. The van der Waals surface area contributed by atoms with Crippen molar-refractivity contribution in [2.45, 2.75) is 56.5 Å². The summed E-state index contributed by atoms with van der Waals surface area (Å²) >= 11 is 3.52. The minimum atomic E-state index is 0.0896. The molecule has 1 saturated heterocycles. The van der Waals surface area contributed by atoms with Crippen molar-refractivity contribution in [2.24, 2.45) is 0 Å². The molecule has 1 unspecified atom stereocenters. The predicted molar refractivity (Wildman–Crippen MR) is 88.1 cm³/mol. The molecule has 21 heavy (non-hydrogen) atoms. The summed E-state index contributed by atoms with van der Waals surface area (Å²) < 4.78 is 1.13. The third-order valence-corrected chi connectivity index (χ3v) is 5.40. The van der Waals surface area contributed by atoms with Gasteiger partial charge in [0, 0.05) is 29.0 Å². The van der Waals surface area contributed by atoms with Crippen molar-refractivity contribution in [3.63, 3.8) is 0 Å². The zero-order chi connectivity index (χ0) is 14.7. The average Bonchev–Trinajstić information content (AvgIpc) is 2.92. The third kappa shape index (κ3) is 3.49. The molecule has 2 N–H and O–H groups in total. The molecule has 1 heterocycles. The van der Waals surface area contributed by atoms with Gasteiger partial charge in [-0.2, -0.15) is 0 Å². The quantitative estimate of drug-likeness (QED) is 0.872. The van der Waals surface area contributed by atoms with Gasteiger partial charge >= 0.3 is 0 Å². The Balaban J connectivity index is 1.73. The van der Waals surface area contributed by atoms with E-state index in [-0.39, 0.29) is 11.4 Å². The fourth-order valence-electron chi connectivity index (χ4n) is 3.64. The molecule has 0 radical (unpaired) electrons. The molecule has 3 rings (SSSR count). The predicted octanol–water partition coefficient (Wildman–Crippen LogP) is 3.48. The molecule has 3 nitrogen and oxygen atoms in total. The number of carbonyl (C=O) groups excluding carboxylic acids is 1. The highest BCUT2D eigenvalue weighted by Crippen LogP contribution is 2.37. The molecule has 1 aromatic rings. The molecule has 0 aromatic heterocycles. The Labute approximate surface area is 135 Å². The van der Waals surface area contributed by atoms with E-state index >= 15 is 0 Å². The highest BCUT2D eigenvalue weighted by atomic mass is 79.9. The third-order valence-electron chi connectivity index (χ3n) is 4.88. The zero-order valence-corrected chi connectivity index (χ0v) is 13.9. The Kier molecular flexibility index (Phi) is 4.65. The Morgan fingerprint density at radius 3 is 2.52 bits per heavy atom. The van der Waals surface area contributed by atoms with Crippen LogP contribution < -0.4 is 10.6 Å². The first kappa shape index (κ1) is 15.0. The fraction of sp³-hybridized carbons (Fsp3) is 0.588. The average molecular weight is 351 g/mol. The Hall–Kier alpha value is -0.870. The topological polar surface area (TPSA) is 41.1 Å². The maximum Gasteiger partial charge on any atom is 0.220 e. The van der Waals surface area contributed by atoms with Gasteiger partial charge in [-0.15, -0.1) is 0 Å². The molecule has 0 bridgehead atoms. The molecular formula is C17H23BrN2O. The lowest BCUT2D eigenvalue weighted by molar-refractivity contribution is -0.119. The number of rotatable bonds is 4. The highest BCUT2D eigenvalue weighted by Gasteiger charge is 2.34. The number of benzene rings is 1. The summed E-state index contributed by atoms with van der Waals surface area (Å²) in [5.74, 6) is 0.197. The zero-order valence-electron chi connectivity index (χ0n) is 12.3. The van der Waals surface area contributed by atoms with Gasteiger partial charge in [-0.3, -0.25) is 4.79 Å². The SMILES string of the molecule is O=C1CCC(CNC2(c3ccc(Br)cc3)CCCCC2)N1. The summed E-state index contributed by atoms with van der Waals surface area (Å²) in [6.07, 6.45) is 7.91. The van der Waals surface area contributed by atoms with Crippen molar-refractivity contribution in [2.75, 3.05) is 6.54 Å². The lowest BCUT2D eigenvalue weighted by Gasteiger charge is -2.40. The van der Waals surface area contributed by atoms with Crippen LogP contribution >= 0.6 is 15.9 Å². The van der Waals surface area contributed by atoms with Crippen LogP contribution in [0.2, 0.25) is 0 Å². The molecule has 0 spiro atoms. The molecule has 1 saturated carbocycles. The second kappa shape index (κ2) is 6.49. The molecule has 1 aliphatic carbocycles. The largest absolute Gasteiger partial charge is 0.352 e. The first-order valence-corrected chi connectivity index (χ1v) is 8.78. The summed E-state index contributed by atoms with van der Waals surface area (Å²) in [5.41, 5.74) is 1.47. The maximum absolute atomic E-state index is 11.3. The minimum Gasteiger partial charge on any atom is -0.352 e. The number of hydrogen-bond donors (Lipinski definition) is 2. The fourth-order valence-corrected chi connectivity index (χ4v) is 3.91. The normalized spacial score (nSPS) is 24.8. The first-order chi connectivity index (χ1) is 10.2.